The van der Waals surface area contributed by atoms with E-state index in [2.05, 4.69) is 17.1 Å². The Balaban J connectivity index is 2.30. The van der Waals surface area contributed by atoms with Crippen LogP contribution in [0.1, 0.15) is 41.0 Å². The zero-order valence-electron chi connectivity index (χ0n) is 16.1. The van der Waals surface area contributed by atoms with Crippen LogP contribution in [0.5, 0.6) is 0 Å². The van der Waals surface area contributed by atoms with Gasteiger partial charge in [0.15, 0.2) is 0 Å². The van der Waals surface area contributed by atoms with Gasteiger partial charge in [0.25, 0.3) is 0 Å². The van der Waals surface area contributed by atoms with Crippen molar-refractivity contribution in [3.8, 4) is 0 Å². The molecule has 2 rings (SSSR count). The first kappa shape index (κ1) is 20.5. The van der Waals surface area contributed by atoms with E-state index in [1.54, 1.807) is 13.8 Å². The predicted molar refractivity (Wildman–Crippen MR) is 103 cm³/mol. The second-order valence-electron chi connectivity index (χ2n) is 7.25. The van der Waals surface area contributed by atoms with Gasteiger partial charge >= 0.3 is 162 Å². The SMILES string of the molecule is CCOC(=O)[C@@]1(C)/C(=C\[Se]c2ccccc2)CCN1C(=O)OC(C)(C)C. The fraction of sp³-hybridized carbons (Fsp3) is 0.500. The Morgan fingerprint density at radius 2 is 1.92 bits per heavy atom. The Bertz CT molecular complexity index is 681. The Hall–Kier alpha value is -1.78. The number of hydrogen-bond donors (Lipinski definition) is 0. The number of carbonyl (C=O) groups excluding carboxylic acids is 2. The molecule has 0 saturated carbocycles. The summed E-state index contributed by atoms with van der Waals surface area (Å²) in [6, 6.07) is 10.1. The van der Waals surface area contributed by atoms with Crippen molar-refractivity contribution in [3.63, 3.8) is 0 Å². The van der Waals surface area contributed by atoms with E-state index >= 15 is 0 Å². The Kier molecular flexibility index (Phi) is 6.53. The molecular formula is C20H27NO4Se. The second-order valence-corrected chi connectivity index (χ2v) is 9.23. The van der Waals surface area contributed by atoms with Crippen LogP contribution in [0, 0.1) is 0 Å². The van der Waals surface area contributed by atoms with E-state index in [0.29, 0.717) is 13.0 Å². The van der Waals surface area contributed by atoms with Gasteiger partial charge in [-0.25, -0.2) is 0 Å². The first-order valence-corrected chi connectivity index (χ1v) is 10.6. The third-order valence-corrected chi connectivity index (χ3v) is 6.12. The molecule has 26 heavy (non-hydrogen) atoms. The Labute approximate surface area is 161 Å². The minimum atomic E-state index is -1.12. The molecule has 1 aliphatic heterocycles. The van der Waals surface area contributed by atoms with Gasteiger partial charge in [-0.1, -0.05) is 0 Å². The maximum atomic E-state index is 12.8. The van der Waals surface area contributed by atoms with Crippen molar-refractivity contribution in [2.45, 2.75) is 52.2 Å². The van der Waals surface area contributed by atoms with Crippen molar-refractivity contribution < 1.29 is 19.1 Å². The summed E-state index contributed by atoms with van der Waals surface area (Å²) in [4.78, 5) is 29.0. The Morgan fingerprint density at radius 1 is 1.27 bits per heavy atom. The van der Waals surface area contributed by atoms with Crippen LogP contribution >= 0.6 is 0 Å². The summed E-state index contributed by atoms with van der Waals surface area (Å²) in [7, 11) is 0. The zero-order valence-corrected chi connectivity index (χ0v) is 17.8. The first-order chi connectivity index (χ1) is 12.2. The van der Waals surface area contributed by atoms with Gasteiger partial charge in [0.1, 0.15) is 0 Å². The average Bonchev–Trinajstić information content (AvgIpc) is 2.90. The van der Waals surface area contributed by atoms with Crippen molar-refractivity contribution >= 4 is 31.5 Å². The van der Waals surface area contributed by atoms with E-state index in [1.807, 2.05) is 39.0 Å². The minimum absolute atomic E-state index is 0.0777. The maximum absolute atomic E-state index is 12.8. The van der Waals surface area contributed by atoms with Crippen molar-refractivity contribution in [2.75, 3.05) is 13.2 Å². The summed E-state index contributed by atoms with van der Waals surface area (Å²) >= 11 is 0.0777. The van der Waals surface area contributed by atoms with Crippen LogP contribution in [0.3, 0.4) is 0 Å². The first-order valence-electron chi connectivity index (χ1n) is 8.77. The number of likely N-dealkylation sites (tertiary alicyclic amines) is 1. The third-order valence-electron chi connectivity index (χ3n) is 4.14. The van der Waals surface area contributed by atoms with Crippen LogP contribution in [0.4, 0.5) is 4.79 Å². The van der Waals surface area contributed by atoms with E-state index in [0.717, 1.165) is 5.57 Å². The second kappa shape index (κ2) is 8.28. The molecule has 142 valence electrons. The number of hydrogen-bond acceptors (Lipinski definition) is 4. The van der Waals surface area contributed by atoms with Gasteiger partial charge in [-0.3, -0.25) is 0 Å². The molecule has 1 aliphatic rings. The normalized spacial score (nSPS) is 21.7. The van der Waals surface area contributed by atoms with E-state index in [1.165, 1.54) is 9.36 Å². The fourth-order valence-electron chi connectivity index (χ4n) is 2.79. The number of amides is 1. The molecule has 1 saturated heterocycles. The van der Waals surface area contributed by atoms with E-state index in [9.17, 15) is 9.59 Å². The Morgan fingerprint density at radius 3 is 2.50 bits per heavy atom. The quantitative estimate of drug-likeness (QED) is 0.551. The monoisotopic (exact) mass is 425 g/mol. The van der Waals surface area contributed by atoms with Crippen molar-refractivity contribution in [1.82, 2.24) is 4.90 Å². The molecule has 5 nitrogen and oxygen atoms in total. The zero-order chi connectivity index (χ0) is 19.4. The van der Waals surface area contributed by atoms with Gasteiger partial charge < -0.3 is 0 Å². The summed E-state index contributed by atoms with van der Waals surface area (Å²) in [5, 5.41) is 0. The van der Waals surface area contributed by atoms with Gasteiger partial charge in [0, 0.05) is 0 Å². The molecule has 0 unspecified atom stereocenters. The number of nitrogens with zero attached hydrogens (tertiary/aromatic N) is 1. The van der Waals surface area contributed by atoms with Crippen molar-refractivity contribution in [3.05, 3.63) is 40.9 Å². The van der Waals surface area contributed by atoms with Gasteiger partial charge in [-0.15, -0.1) is 0 Å². The molecule has 1 fully saturated rings. The topological polar surface area (TPSA) is 55.8 Å². The molecule has 0 aromatic heterocycles. The summed E-state index contributed by atoms with van der Waals surface area (Å²) in [5.74, 6) is -0.404. The van der Waals surface area contributed by atoms with Crippen LogP contribution in [0.15, 0.2) is 40.9 Å². The molecule has 6 heteroatoms. The molecule has 0 spiro atoms. The molecular weight excluding hydrogens is 397 g/mol. The van der Waals surface area contributed by atoms with Crippen molar-refractivity contribution in [2.24, 2.45) is 0 Å². The molecule has 0 aliphatic carbocycles. The molecule has 0 bridgehead atoms. The van der Waals surface area contributed by atoms with Gasteiger partial charge in [-0.2, -0.15) is 0 Å². The summed E-state index contributed by atoms with van der Waals surface area (Å²) in [5.41, 5.74) is -0.812. The van der Waals surface area contributed by atoms with Crippen LogP contribution < -0.4 is 4.46 Å². The van der Waals surface area contributed by atoms with Gasteiger partial charge in [-0.05, 0) is 0 Å². The van der Waals surface area contributed by atoms with Crippen LogP contribution in [0.2, 0.25) is 0 Å². The van der Waals surface area contributed by atoms with Crippen LogP contribution in [0.25, 0.3) is 0 Å². The van der Waals surface area contributed by atoms with Crippen LogP contribution in [-0.2, 0) is 14.3 Å². The van der Waals surface area contributed by atoms with Gasteiger partial charge in [0.05, 0.1) is 0 Å². The van der Waals surface area contributed by atoms with E-state index in [4.69, 9.17) is 9.47 Å². The molecule has 1 aromatic carbocycles. The number of carbonyl (C=O) groups is 2. The predicted octanol–water partition coefficient (Wildman–Crippen LogP) is 2.86. The van der Waals surface area contributed by atoms with E-state index in [-0.39, 0.29) is 21.6 Å². The molecule has 1 amide bonds. The van der Waals surface area contributed by atoms with Crippen molar-refractivity contribution in [1.29, 1.82) is 0 Å². The van der Waals surface area contributed by atoms with E-state index < -0.39 is 23.2 Å². The average molecular weight is 424 g/mol. The number of esters is 1. The molecule has 1 aromatic rings. The molecule has 0 N–H and O–H groups in total. The number of rotatable bonds is 4. The third kappa shape index (κ3) is 4.68. The number of benzene rings is 1. The molecule has 0 radical (unpaired) electrons. The van der Waals surface area contributed by atoms with Crippen LogP contribution in [-0.4, -0.2) is 56.2 Å². The fourth-order valence-corrected chi connectivity index (χ4v) is 4.76. The number of ether oxygens (including phenoxy) is 2. The summed E-state index contributed by atoms with van der Waals surface area (Å²) in [6.07, 6.45) is 0.159. The summed E-state index contributed by atoms with van der Waals surface area (Å²) < 4.78 is 12.0. The molecule has 1 atom stereocenters. The van der Waals surface area contributed by atoms with Gasteiger partial charge in [0.2, 0.25) is 0 Å². The molecule has 1 heterocycles. The summed E-state index contributed by atoms with van der Waals surface area (Å²) in [6.45, 7) is 9.70. The standard InChI is InChI=1S/C20H27NO4Se/c1-6-24-17(22)20(5)15(14-26-16-10-8-7-9-11-16)12-13-21(20)18(23)25-19(2,3)4/h7-11,14H,6,12-13H2,1-5H3/b15-14-/t20-/m1/s1.